The predicted octanol–water partition coefficient (Wildman–Crippen LogP) is 4.19. The van der Waals surface area contributed by atoms with Gasteiger partial charge in [-0.15, -0.1) is 0 Å². The molecule has 0 radical (unpaired) electrons. The van der Waals surface area contributed by atoms with Crippen molar-refractivity contribution in [2.24, 2.45) is 5.92 Å². The molecule has 0 amide bonds. The number of ether oxygens (including phenoxy) is 1. The van der Waals surface area contributed by atoms with Crippen LogP contribution in [0.2, 0.25) is 0 Å². The normalized spacial score (nSPS) is 17.3. The van der Waals surface area contributed by atoms with Crippen molar-refractivity contribution < 1.29 is 4.74 Å². The second kappa shape index (κ2) is 6.24. The van der Waals surface area contributed by atoms with E-state index in [9.17, 15) is 0 Å². The molecule has 0 aliphatic heterocycles. The van der Waals surface area contributed by atoms with Gasteiger partial charge < -0.3 is 4.74 Å². The molecule has 1 heterocycles. The molecule has 0 bridgehead atoms. The molecule has 0 spiro atoms. The fourth-order valence-corrected chi connectivity index (χ4v) is 2.60. The molecule has 1 aliphatic carbocycles. The zero-order valence-corrected chi connectivity index (χ0v) is 11.1. The van der Waals surface area contributed by atoms with Gasteiger partial charge in [0.15, 0.2) is 0 Å². The van der Waals surface area contributed by atoms with E-state index in [0.29, 0.717) is 0 Å². The average molecular weight is 284 g/mol. The summed E-state index contributed by atoms with van der Waals surface area (Å²) in [7, 11) is 0. The SMILES string of the molecule is Brc1cccc(OCCC2CCCCC2)n1. The first kappa shape index (κ1) is 11.9. The third-order valence-corrected chi connectivity index (χ3v) is 3.63. The van der Waals surface area contributed by atoms with Gasteiger partial charge in [-0.25, -0.2) is 4.98 Å². The summed E-state index contributed by atoms with van der Waals surface area (Å²) in [5.74, 6) is 1.60. The lowest BCUT2D eigenvalue weighted by Gasteiger charge is -2.21. The Bertz CT molecular complexity index is 323. The van der Waals surface area contributed by atoms with E-state index in [2.05, 4.69) is 20.9 Å². The van der Waals surface area contributed by atoms with Gasteiger partial charge in [-0.05, 0) is 34.3 Å². The van der Waals surface area contributed by atoms with Crippen molar-refractivity contribution in [1.82, 2.24) is 4.98 Å². The molecule has 1 fully saturated rings. The van der Waals surface area contributed by atoms with E-state index in [-0.39, 0.29) is 0 Å². The molecule has 88 valence electrons. The largest absolute Gasteiger partial charge is 0.478 e. The molecule has 2 rings (SSSR count). The average Bonchev–Trinajstić information content (AvgIpc) is 2.30. The Morgan fingerprint density at radius 2 is 2.06 bits per heavy atom. The summed E-state index contributed by atoms with van der Waals surface area (Å²) < 4.78 is 6.48. The van der Waals surface area contributed by atoms with Crippen molar-refractivity contribution >= 4 is 15.9 Å². The van der Waals surface area contributed by atoms with Gasteiger partial charge in [-0.1, -0.05) is 38.2 Å². The van der Waals surface area contributed by atoms with Crippen molar-refractivity contribution in [3.8, 4) is 5.88 Å². The van der Waals surface area contributed by atoms with Crippen molar-refractivity contribution in [2.75, 3.05) is 6.61 Å². The molecule has 1 saturated carbocycles. The van der Waals surface area contributed by atoms with Gasteiger partial charge in [-0.3, -0.25) is 0 Å². The number of hydrogen-bond donors (Lipinski definition) is 0. The molecule has 3 heteroatoms. The minimum absolute atomic E-state index is 0.727. The number of hydrogen-bond acceptors (Lipinski definition) is 2. The summed E-state index contributed by atoms with van der Waals surface area (Å²) in [5, 5.41) is 0. The third kappa shape index (κ3) is 3.78. The van der Waals surface area contributed by atoms with Crippen LogP contribution in [-0.4, -0.2) is 11.6 Å². The van der Waals surface area contributed by atoms with Gasteiger partial charge in [0.25, 0.3) is 0 Å². The Morgan fingerprint density at radius 3 is 2.81 bits per heavy atom. The summed E-state index contributed by atoms with van der Waals surface area (Å²) in [5.41, 5.74) is 0. The van der Waals surface area contributed by atoms with Crippen molar-refractivity contribution in [3.05, 3.63) is 22.8 Å². The Hall–Kier alpha value is -0.570. The predicted molar refractivity (Wildman–Crippen MR) is 68.6 cm³/mol. The van der Waals surface area contributed by atoms with Crippen LogP contribution in [0.3, 0.4) is 0 Å². The molecule has 0 aromatic carbocycles. The van der Waals surface area contributed by atoms with Gasteiger partial charge in [-0.2, -0.15) is 0 Å². The number of halogens is 1. The van der Waals surface area contributed by atoms with Crippen LogP contribution >= 0.6 is 15.9 Å². The lowest BCUT2D eigenvalue weighted by Crippen LogP contribution is -2.11. The Morgan fingerprint density at radius 1 is 1.25 bits per heavy atom. The van der Waals surface area contributed by atoms with Gasteiger partial charge in [0.2, 0.25) is 5.88 Å². The summed E-state index contributed by atoms with van der Waals surface area (Å²) in [6.45, 7) is 0.800. The first-order chi connectivity index (χ1) is 7.84. The molecule has 1 aromatic rings. The molecular weight excluding hydrogens is 266 g/mol. The number of aromatic nitrogens is 1. The zero-order chi connectivity index (χ0) is 11.2. The second-order valence-electron chi connectivity index (χ2n) is 4.44. The van der Waals surface area contributed by atoms with Crippen molar-refractivity contribution in [1.29, 1.82) is 0 Å². The highest BCUT2D eigenvalue weighted by Crippen LogP contribution is 2.26. The quantitative estimate of drug-likeness (QED) is 0.773. The van der Waals surface area contributed by atoms with Gasteiger partial charge in [0.1, 0.15) is 4.60 Å². The van der Waals surface area contributed by atoms with E-state index >= 15 is 0 Å². The molecule has 16 heavy (non-hydrogen) atoms. The minimum Gasteiger partial charge on any atom is -0.478 e. The highest BCUT2D eigenvalue weighted by atomic mass is 79.9. The third-order valence-electron chi connectivity index (χ3n) is 3.19. The van der Waals surface area contributed by atoms with Crippen LogP contribution in [0.5, 0.6) is 5.88 Å². The number of rotatable bonds is 4. The van der Waals surface area contributed by atoms with Crippen LogP contribution in [0.4, 0.5) is 0 Å². The molecule has 0 unspecified atom stereocenters. The summed E-state index contributed by atoms with van der Waals surface area (Å²) >= 11 is 3.34. The summed E-state index contributed by atoms with van der Waals surface area (Å²) in [6, 6.07) is 5.77. The summed E-state index contributed by atoms with van der Waals surface area (Å²) in [6.07, 6.45) is 8.17. The van der Waals surface area contributed by atoms with Crippen LogP contribution in [0.25, 0.3) is 0 Å². The van der Waals surface area contributed by atoms with Gasteiger partial charge in [0.05, 0.1) is 6.61 Å². The van der Waals surface area contributed by atoms with E-state index in [0.717, 1.165) is 23.0 Å². The number of pyridine rings is 1. The Kier molecular flexibility index (Phi) is 4.64. The smallest absolute Gasteiger partial charge is 0.214 e. The maximum absolute atomic E-state index is 5.65. The molecule has 1 aromatic heterocycles. The van der Waals surface area contributed by atoms with Crippen LogP contribution in [0, 0.1) is 5.92 Å². The molecule has 1 aliphatic rings. The Balaban J connectivity index is 1.71. The van der Waals surface area contributed by atoms with E-state index in [1.807, 2.05) is 18.2 Å². The standard InChI is InChI=1S/C13H18BrNO/c14-12-7-4-8-13(15-12)16-10-9-11-5-2-1-3-6-11/h4,7-8,11H,1-3,5-6,9-10H2. The van der Waals surface area contributed by atoms with Crippen LogP contribution < -0.4 is 4.74 Å². The highest BCUT2D eigenvalue weighted by molar-refractivity contribution is 9.10. The first-order valence-electron chi connectivity index (χ1n) is 6.10. The highest BCUT2D eigenvalue weighted by Gasteiger charge is 2.13. The van der Waals surface area contributed by atoms with E-state index < -0.39 is 0 Å². The molecular formula is C13H18BrNO. The van der Waals surface area contributed by atoms with E-state index in [4.69, 9.17) is 4.74 Å². The monoisotopic (exact) mass is 283 g/mol. The van der Waals surface area contributed by atoms with Crippen molar-refractivity contribution in [2.45, 2.75) is 38.5 Å². The van der Waals surface area contributed by atoms with E-state index in [1.54, 1.807) is 0 Å². The van der Waals surface area contributed by atoms with Crippen molar-refractivity contribution in [3.63, 3.8) is 0 Å². The zero-order valence-electron chi connectivity index (χ0n) is 9.49. The minimum atomic E-state index is 0.727. The lowest BCUT2D eigenvalue weighted by molar-refractivity contribution is 0.240. The first-order valence-corrected chi connectivity index (χ1v) is 6.89. The Labute approximate surface area is 106 Å². The maximum Gasteiger partial charge on any atom is 0.214 e. The fraction of sp³-hybridized carbons (Fsp3) is 0.615. The molecule has 0 N–H and O–H groups in total. The van der Waals surface area contributed by atoms with Crippen LogP contribution in [-0.2, 0) is 0 Å². The summed E-state index contributed by atoms with van der Waals surface area (Å²) in [4.78, 5) is 4.25. The fourth-order valence-electron chi connectivity index (χ4n) is 2.28. The maximum atomic E-state index is 5.65. The molecule has 2 nitrogen and oxygen atoms in total. The number of nitrogens with zero attached hydrogens (tertiary/aromatic N) is 1. The lowest BCUT2D eigenvalue weighted by atomic mass is 9.87. The van der Waals surface area contributed by atoms with Crippen LogP contribution in [0.15, 0.2) is 22.8 Å². The molecule has 0 saturated heterocycles. The molecule has 0 atom stereocenters. The van der Waals surface area contributed by atoms with Gasteiger partial charge in [0, 0.05) is 6.07 Å². The topological polar surface area (TPSA) is 22.1 Å². The van der Waals surface area contributed by atoms with E-state index in [1.165, 1.54) is 38.5 Å². The van der Waals surface area contributed by atoms with Crippen LogP contribution in [0.1, 0.15) is 38.5 Å². The van der Waals surface area contributed by atoms with Gasteiger partial charge >= 0.3 is 0 Å². The second-order valence-corrected chi connectivity index (χ2v) is 5.25.